The van der Waals surface area contributed by atoms with E-state index < -0.39 is 11.6 Å². The van der Waals surface area contributed by atoms with Crippen LogP contribution in [0.2, 0.25) is 0 Å². The van der Waals surface area contributed by atoms with Gasteiger partial charge >= 0.3 is 0 Å². The summed E-state index contributed by atoms with van der Waals surface area (Å²) in [6.45, 7) is 4.95. The Bertz CT molecular complexity index is 1390. The number of ether oxygens (including phenoxy) is 2. The van der Waals surface area contributed by atoms with E-state index in [0.29, 0.717) is 36.8 Å². The van der Waals surface area contributed by atoms with Crippen LogP contribution in [0.3, 0.4) is 0 Å². The fraction of sp³-hybridized carbons (Fsp3) is 0.333. The van der Waals surface area contributed by atoms with Crippen molar-refractivity contribution in [2.45, 2.75) is 51.4 Å². The summed E-state index contributed by atoms with van der Waals surface area (Å²) in [5, 5.41) is 12.7. The second-order valence-corrected chi connectivity index (χ2v) is 9.68. The van der Waals surface area contributed by atoms with E-state index in [1.807, 2.05) is 80.6 Å². The molecule has 0 spiro atoms. The molecule has 4 rings (SSSR count). The monoisotopic (exact) mass is 542 g/mol. The maximum atomic E-state index is 13.9. The lowest BCUT2D eigenvalue weighted by Gasteiger charge is -2.29. The summed E-state index contributed by atoms with van der Waals surface area (Å²) in [5.41, 5.74) is 18.0. The topological polar surface area (TPSA) is 141 Å². The Morgan fingerprint density at radius 2 is 1.93 bits per heavy atom. The molecule has 1 heterocycles. The number of hydrogen-bond acceptors (Lipinski definition) is 7. The van der Waals surface area contributed by atoms with Gasteiger partial charge in [0.05, 0.1) is 13.2 Å². The molecule has 0 bridgehead atoms. The number of aliphatic hydroxyl groups is 1. The van der Waals surface area contributed by atoms with Crippen LogP contribution in [-0.4, -0.2) is 41.8 Å². The molecule has 0 saturated heterocycles. The van der Waals surface area contributed by atoms with Gasteiger partial charge in [-0.25, -0.2) is 10.4 Å². The molecule has 2 atom stereocenters. The Morgan fingerprint density at radius 3 is 2.65 bits per heavy atom. The highest BCUT2D eigenvalue weighted by molar-refractivity contribution is 6.00. The number of rotatable bonds is 13. The maximum Gasteiger partial charge on any atom is 0.266 e. The molecule has 3 aromatic carbocycles. The van der Waals surface area contributed by atoms with Crippen LogP contribution in [-0.2, 0) is 29.0 Å². The van der Waals surface area contributed by atoms with Crippen molar-refractivity contribution >= 4 is 11.8 Å². The number of aliphatic hydroxyl groups excluding tert-OH is 1. The van der Waals surface area contributed by atoms with Crippen LogP contribution in [0.25, 0.3) is 10.4 Å². The molecule has 0 unspecified atom stereocenters. The molecule has 0 radical (unpaired) electrons. The predicted molar refractivity (Wildman–Crippen MR) is 153 cm³/mol. The molecule has 1 aliphatic heterocycles. The van der Waals surface area contributed by atoms with Gasteiger partial charge in [-0.1, -0.05) is 59.2 Å². The molecular weight excluding hydrogens is 508 g/mol. The highest BCUT2D eigenvalue weighted by atomic mass is 16.5. The van der Waals surface area contributed by atoms with Crippen molar-refractivity contribution in [3.05, 3.63) is 111 Å². The van der Waals surface area contributed by atoms with Crippen molar-refractivity contribution in [3.63, 3.8) is 0 Å². The van der Waals surface area contributed by atoms with Gasteiger partial charge in [0, 0.05) is 36.5 Å². The van der Waals surface area contributed by atoms with Gasteiger partial charge < -0.3 is 14.6 Å². The van der Waals surface area contributed by atoms with E-state index in [0.717, 1.165) is 22.3 Å². The number of benzene rings is 3. The maximum absolute atomic E-state index is 13.9. The molecule has 0 aromatic heterocycles. The minimum Gasteiger partial charge on any atom is -0.494 e. The number of nitrogens with zero attached hydrogens (tertiary/aromatic N) is 4. The first-order valence-corrected chi connectivity index (χ1v) is 13.2. The van der Waals surface area contributed by atoms with Crippen LogP contribution in [0.4, 0.5) is 0 Å². The fourth-order valence-electron chi connectivity index (χ4n) is 4.58. The average Bonchev–Trinajstić information content (AvgIpc) is 3.29. The van der Waals surface area contributed by atoms with Crippen LogP contribution in [0.1, 0.15) is 41.2 Å². The Labute approximate surface area is 233 Å². The third kappa shape index (κ3) is 6.98. The normalized spacial score (nSPS) is 17.9. The van der Waals surface area contributed by atoms with Gasteiger partial charge in [0.1, 0.15) is 11.9 Å². The number of hydrazine groups is 1. The van der Waals surface area contributed by atoms with Gasteiger partial charge in [-0.05, 0) is 60.3 Å². The number of hydrogen-bond donors (Lipinski definition) is 3. The standard InChI is InChI=1S/C30H34N6O4/c1-21-7-5-8-23(17-21)19-32-35-29(38)30(18-25-9-3-4-10-26(25)20-33-36-31)22(2)40-28(34-30)24-11-13-27(14-12-24)39-16-6-15-37/h3-5,7-14,17,22,32,37H,6,15-16,18-20H2,1-2H3,(H,35,38)/t22-,30-/m0/s1. The Hall–Kier alpha value is -4.37. The first-order valence-electron chi connectivity index (χ1n) is 13.2. The van der Waals surface area contributed by atoms with Crippen LogP contribution in [0.15, 0.2) is 82.9 Å². The zero-order valence-corrected chi connectivity index (χ0v) is 22.7. The molecule has 3 N–H and O–H groups in total. The fourth-order valence-corrected chi connectivity index (χ4v) is 4.58. The molecule has 40 heavy (non-hydrogen) atoms. The highest BCUT2D eigenvalue weighted by Gasteiger charge is 2.50. The summed E-state index contributed by atoms with van der Waals surface area (Å²) in [6, 6.07) is 22.9. The van der Waals surface area contributed by atoms with Gasteiger partial charge in [-0.2, -0.15) is 0 Å². The highest BCUT2D eigenvalue weighted by Crippen LogP contribution is 2.33. The summed E-state index contributed by atoms with van der Waals surface area (Å²) < 4.78 is 11.8. The SMILES string of the molecule is Cc1cccc(CNNC(=O)[C@@]2(Cc3ccccc3CN=[N+]=[N-])N=C(c3ccc(OCCCO)cc3)O[C@H]2C)c1. The number of amides is 1. The van der Waals surface area contributed by atoms with Crippen molar-refractivity contribution in [1.82, 2.24) is 10.9 Å². The van der Waals surface area contributed by atoms with Crippen LogP contribution >= 0.6 is 0 Å². The van der Waals surface area contributed by atoms with Crippen molar-refractivity contribution in [1.29, 1.82) is 0 Å². The number of aryl methyl sites for hydroxylation is 1. The van der Waals surface area contributed by atoms with Crippen molar-refractivity contribution in [2.24, 2.45) is 10.1 Å². The van der Waals surface area contributed by atoms with Gasteiger partial charge in [0.2, 0.25) is 5.90 Å². The molecular formula is C30H34N6O4. The molecule has 10 nitrogen and oxygen atoms in total. The molecule has 1 aliphatic rings. The molecule has 0 aliphatic carbocycles. The lowest BCUT2D eigenvalue weighted by molar-refractivity contribution is -0.129. The summed E-state index contributed by atoms with van der Waals surface area (Å²) in [4.78, 5) is 21.6. The lowest BCUT2D eigenvalue weighted by atomic mass is 9.84. The first kappa shape index (κ1) is 28.6. The summed E-state index contributed by atoms with van der Waals surface area (Å²) in [5.74, 6) is 0.696. The molecule has 208 valence electrons. The van der Waals surface area contributed by atoms with Gasteiger partial charge in [-0.3, -0.25) is 10.2 Å². The van der Waals surface area contributed by atoms with E-state index in [2.05, 4.69) is 26.9 Å². The van der Waals surface area contributed by atoms with Crippen molar-refractivity contribution in [2.75, 3.05) is 13.2 Å². The minimum atomic E-state index is -1.28. The summed E-state index contributed by atoms with van der Waals surface area (Å²) in [7, 11) is 0. The molecule has 10 heteroatoms. The molecule has 0 fully saturated rings. The lowest BCUT2D eigenvalue weighted by Crippen LogP contribution is -2.55. The summed E-state index contributed by atoms with van der Waals surface area (Å²) in [6.07, 6.45) is 0.206. The van der Waals surface area contributed by atoms with Crippen molar-refractivity contribution in [3.8, 4) is 5.75 Å². The van der Waals surface area contributed by atoms with E-state index in [9.17, 15) is 4.79 Å². The zero-order chi connectivity index (χ0) is 28.4. The van der Waals surface area contributed by atoms with E-state index in [1.165, 1.54) is 0 Å². The third-order valence-electron chi connectivity index (χ3n) is 6.79. The average molecular weight is 543 g/mol. The van der Waals surface area contributed by atoms with Gasteiger partial charge in [0.15, 0.2) is 5.54 Å². The number of carbonyl (C=O) groups is 1. The van der Waals surface area contributed by atoms with E-state index in [1.54, 1.807) is 0 Å². The number of nitrogens with one attached hydrogen (secondary N) is 2. The second kappa shape index (κ2) is 13.6. The molecule has 1 amide bonds. The number of carbonyl (C=O) groups excluding carboxylic acids is 1. The van der Waals surface area contributed by atoms with E-state index >= 15 is 0 Å². The first-order chi connectivity index (χ1) is 19.4. The zero-order valence-electron chi connectivity index (χ0n) is 22.7. The van der Waals surface area contributed by atoms with Crippen LogP contribution in [0, 0.1) is 6.92 Å². The number of azide groups is 1. The Balaban J connectivity index is 1.61. The van der Waals surface area contributed by atoms with Crippen molar-refractivity contribution < 1.29 is 19.4 Å². The summed E-state index contributed by atoms with van der Waals surface area (Å²) >= 11 is 0. The number of aliphatic imine (C=N–C) groups is 1. The van der Waals surface area contributed by atoms with Gasteiger partial charge in [0.25, 0.3) is 5.91 Å². The van der Waals surface area contributed by atoms with Gasteiger partial charge in [-0.15, -0.1) is 0 Å². The van der Waals surface area contributed by atoms with Crippen LogP contribution < -0.4 is 15.6 Å². The minimum absolute atomic E-state index is 0.0661. The van der Waals surface area contributed by atoms with E-state index in [-0.39, 0.29) is 25.5 Å². The largest absolute Gasteiger partial charge is 0.494 e. The molecule has 0 saturated carbocycles. The molecule has 3 aromatic rings. The predicted octanol–water partition coefficient (Wildman–Crippen LogP) is 4.53. The van der Waals surface area contributed by atoms with E-state index in [4.69, 9.17) is 25.1 Å². The Kier molecular flexibility index (Phi) is 9.75. The third-order valence-corrected chi connectivity index (χ3v) is 6.79. The quantitative estimate of drug-likeness (QED) is 0.0956. The smallest absolute Gasteiger partial charge is 0.266 e. The Morgan fingerprint density at radius 1 is 1.15 bits per heavy atom. The van der Waals surface area contributed by atoms with Crippen LogP contribution in [0.5, 0.6) is 5.75 Å². The second-order valence-electron chi connectivity index (χ2n) is 9.68.